The van der Waals surface area contributed by atoms with Gasteiger partial charge < -0.3 is 5.73 Å². The normalized spacial score (nSPS) is 21.3. The summed E-state index contributed by atoms with van der Waals surface area (Å²) >= 11 is 7.48. The van der Waals surface area contributed by atoms with Gasteiger partial charge in [0.1, 0.15) is 0 Å². The summed E-state index contributed by atoms with van der Waals surface area (Å²) in [6.07, 6.45) is 3.49. The Labute approximate surface area is 75.2 Å². The highest BCUT2D eigenvalue weighted by Gasteiger charge is 2.35. The van der Waals surface area contributed by atoms with Crippen molar-refractivity contribution in [1.82, 2.24) is 0 Å². The van der Waals surface area contributed by atoms with E-state index in [9.17, 15) is 0 Å². The summed E-state index contributed by atoms with van der Waals surface area (Å²) in [6, 6.07) is 1.99. The van der Waals surface area contributed by atoms with E-state index in [1.165, 1.54) is 11.3 Å². The van der Waals surface area contributed by atoms with Crippen molar-refractivity contribution in [2.75, 3.05) is 0 Å². The van der Waals surface area contributed by atoms with Crippen LogP contribution in [0.2, 0.25) is 5.02 Å². The predicted octanol–water partition coefficient (Wildman–Crippen LogP) is 2.74. The number of rotatable bonds is 1. The van der Waals surface area contributed by atoms with Gasteiger partial charge in [-0.1, -0.05) is 11.6 Å². The van der Waals surface area contributed by atoms with Crippen LogP contribution in [0.25, 0.3) is 0 Å². The molecule has 2 rings (SSSR count). The standard InChI is InChI=1S/C8H10ClNS/c9-6-4-7(11-5-6)8(10)2-1-3-8/h4-5H,1-3,10H2. The zero-order valence-electron chi connectivity index (χ0n) is 6.14. The molecule has 0 unspecified atom stereocenters. The Morgan fingerprint density at radius 3 is 2.64 bits per heavy atom. The van der Waals surface area contributed by atoms with Gasteiger partial charge in [-0.25, -0.2) is 0 Å². The van der Waals surface area contributed by atoms with Crippen LogP contribution in [0.1, 0.15) is 24.1 Å². The van der Waals surface area contributed by atoms with Crippen LogP contribution in [0.3, 0.4) is 0 Å². The van der Waals surface area contributed by atoms with E-state index in [1.807, 2.05) is 11.4 Å². The Hall–Kier alpha value is -0.0500. The average molecular weight is 188 g/mol. The molecule has 0 spiro atoms. The van der Waals surface area contributed by atoms with Gasteiger partial charge in [-0.05, 0) is 25.3 Å². The minimum absolute atomic E-state index is 0.0300. The number of hydrogen-bond acceptors (Lipinski definition) is 2. The molecule has 1 aliphatic carbocycles. The summed E-state index contributed by atoms with van der Waals surface area (Å²) in [6.45, 7) is 0. The van der Waals surface area contributed by atoms with Crippen molar-refractivity contribution in [3.05, 3.63) is 21.3 Å². The minimum Gasteiger partial charge on any atom is -0.321 e. The van der Waals surface area contributed by atoms with Crippen LogP contribution in [0, 0.1) is 0 Å². The quantitative estimate of drug-likeness (QED) is 0.719. The fourth-order valence-electron chi connectivity index (χ4n) is 1.38. The molecule has 0 aliphatic heterocycles. The first-order chi connectivity index (χ1) is 5.21. The molecule has 3 heteroatoms. The highest BCUT2D eigenvalue weighted by atomic mass is 35.5. The lowest BCUT2D eigenvalue weighted by Crippen LogP contribution is -2.42. The molecular weight excluding hydrogens is 178 g/mol. The molecule has 1 nitrogen and oxygen atoms in total. The predicted molar refractivity (Wildman–Crippen MR) is 49.0 cm³/mol. The van der Waals surface area contributed by atoms with Gasteiger partial charge >= 0.3 is 0 Å². The van der Waals surface area contributed by atoms with Crippen molar-refractivity contribution in [3.8, 4) is 0 Å². The Morgan fingerprint density at radius 2 is 2.27 bits per heavy atom. The summed E-state index contributed by atoms with van der Waals surface area (Å²) in [5.41, 5.74) is 6.06. The second-order valence-electron chi connectivity index (χ2n) is 3.14. The molecule has 1 aromatic heterocycles. The van der Waals surface area contributed by atoms with Crippen LogP contribution in [0.5, 0.6) is 0 Å². The molecule has 0 aromatic carbocycles. The number of halogens is 1. The number of hydrogen-bond donors (Lipinski definition) is 1. The first-order valence-corrected chi connectivity index (χ1v) is 5.00. The van der Waals surface area contributed by atoms with Crippen LogP contribution in [0.15, 0.2) is 11.4 Å². The maximum absolute atomic E-state index is 6.09. The molecule has 0 bridgehead atoms. The summed E-state index contributed by atoms with van der Waals surface area (Å²) in [5.74, 6) is 0. The van der Waals surface area contributed by atoms with Gasteiger partial charge in [0.05, 0.1) is 10.6 Å². The second kappa shape index (κ2) is 2.47. The molecule has 0 atom stereocenters. The third-order valence-corrected chi connectivity index (χ3v) is 3.80. The molecule has 11 heavy (non-hydrogen) atoms. The lowest BCUT2D eigenvalue weighted by atomic mass is 9.77. The van der Waals surface area contributed by atoms with E-state index in [0.29, 0.717) is 0 Å². The van der Waals surface area contributed by atoms with Gasteiger partial charge in [0.15, 0.2) is 0 Å². The fraction of sp³-hybridized carbons (Fsp3) is 0.500. The van der Waals surface area contributed by atoms with E-state index in [-0.39, 0.29) is 5.54 Å². The molecule has 1 aromatic rings. The van der Waals surface area contributed by atoms with Gasteiger partial charge in [-0.2, -0.15) is 0 Å². The lowest BCUT2D eigenvalue weighted by molar-refractivity contribution is 0.259. The van der Waals surface area contributed by atoms with E-state index < -0.39 is 0 Å². The third kappa shape index (κ3) is 1.19. The first kappa shape index (κ1) is 7.59. The van der Waals surface area contributed by atoms with Gasteiger partial charge in [0.25, 0.3) is 0 Å². The Balaban J connectivity index is 2.28. The van der Waals surface area contributed by atoms with Crippen LogP contribution >= 0.6 is 22.9 Å². The second-order valence-corrected chi connectivity index (χ2v) is 4.49. The fourth-order valence-corrected chi connectivity index (χ4v) is 2.63. The van der Waals surface area contributed by atoms with Crippen LogP contribution in [-0.2, 0) is 5.54 Å². The smallest absolute Gasteiger partial charge is 0.0516 e. The van der Waals surface area contributed by atoms with Gasteiger partial charge in [0.2, 0.25) is 0 Å². The molecule has 0 radical (unpaired) electrons. The first-order valence-electron chi connectivity index (χ1n) is 3.74. The Bertz CT molecular complexity index is 265. The lowest BCUT2D eigenvalue weighted by Gasteiger charge is -2.37. The highest BCUT2D eigenvalue weighted by molar-refractivity contribution is 7.10. The van der Waals surface area contributed by atoms with Crippen molar-refractivity contribution < 1.29 is 0 Å². The molecule has 0 amide bonds. The Kier molecular flexibility index (Phi) is 1.71. The van der Waals surface area contributed by atoms with E-state index in [4.69, 9.17) is 17.3 Å². The van der Waals surface area contributed by atoms with Crippen molar-refractivity contribution >= 4 is 22.9 Å². The van der Waals surface area contributed by atoms with Crippen molar-refractivity contribution in [3.63, 3.8) is 0 Å². The van der Waals surface area contributed by atoms with Crippen LogP contribution < -0.4 is 5.73 Å². The zero-order chi connectivity index (χ0) is 7.90. The molecule has 1 saturated carbocycles. The molecule has 0 saturated heterocycles. The van der Waals surface area contributed by atoms with E-state index in [1.54, 1.807) is 11.3 Å². The van der Waals surface area contributed by atoms with Crippen molar-refractivity contribution in [1.29, 1.82) is 0 Å². The van der Waals surface area contributed by atoms with Crippen molar-refractivity contribution in [2.24, 2.45) is 5.73 Å². The highest BCUT2D eigenvalue weighted by Crippen LogP contribution is 2.42. The summed E-state index contributed by atoms with van der Waals surface area (Å²) in [4.78, 5) is 1.24. The summed E-state index contributed by atoms with van der Waals surface area (Å²) in [5, 5.41) is 2.77. The van der Waals surface area contributed by atoms with Crippen LogP contribution in [-0.4, -0.2) is 0 Å². The molecule has 2 N–H and O–H groups in total. The number of nitrogens with two attached hydrogens (primary N) is 1. The van der Waals surface area contributed by atoms with E-state index in [2.05, 4.69) is 0 Å². The number of thiophene rings is 1. The molecule has 1 heterocycles. The topological polar surface area (TPSA) is 26.0 Å². The molecular formula is C8H10ClNS. The Morgan fingerprint density at radius 1 is 1.55 bits per heavy atom. The monoisotopic (exact) mass is 187 g/mol. The van der Waals surface area contributed by atoms with E-state index in [0.717, 1.165) is 17.9 Å². The summed E-state index contributed by atoms with van der Waals surface area (Å²) in [7, 11) is 0. The van der Waals surface area contributed by atoms with Gasteiger partial charge in [0, 0.05) is 10.3 Å². The molecule has 1 fully saturated rings. The largest absolute Gasteiger partial charge is 0.321 e. The zero-order valence-corrected chi connectivity index (χ0v) is 7.71. The van der Waals surface area contributed by atoms with Gasteiger partial charge in [-0.3, -0.25) is 0 Å². The third-order valence-electron chi connectivity index (χ3n) is 2.30. The molecule has 60 valence electrons. The van der Waals surface area contributed by atoms with Gasteiger partial charge in [-0.15, -0.1) is 11.3 Å². The van der Waals surface area contributed by atoms with Crippen molar-refractivity contribution in [2.45, 2.75) is 24.8 Å². The van der Waals surface area contributed by atoms with Crippen LogP contribution in [0.4, 0.5) is 0 Å². The molecule has 1 aliphatic rings. The van der Waals surface area contributed by atoms with E-state index >= 15 is 0 Å². The minimum atomic E-state index is -0.0300. The maximum atomic E-state index is 6.09. The summed E-state index contributed by atoms with van der Waals surface area (Å²) < 4.78 is 0. The SMILES string of the molecule is NC1(c2cc(Cl)cs2)CCC1. The maximum Gasteiger partial charge on any atom is 0.0516 e. The average Bonchev–Trinajstić information content (AvgIpc) is 2.31.